The molecule has 0 radical (unpaired) electrons. The molecule has 1 aliphatic rings. The Kier molecular flexibility index (Phi) is 4.53. The normalized spacial score (nSPS) is 13.8. The van der Waals surface area contributed by atoms with Crippen molar-refractivity contribution in [3.05, 3.63) is 79.4 Å². The summed E-state index contributed by atoms with van der Waals surface area (Å²) < 4.78 is 17.0. The van der Waals surface area contributed by atoms with Crippen molar-refractivity contribution in [2.24, 2.45) is 5.73 Å². The van der Waals surface area contributed by atoms with Gasteiger partial charge in [0, 0.05) is 34.3 Å². The minimum Gasteiger partial charge on any atom is -0.332 e. The molecule has 9 heteroatoms. The van der Waals surface area contributed by atoms with Gasteiger partial charge in [-0.3, -0.25) is 14.2 Å². The Labute approximate surface area is 180 Å². The molecule has 0 aromatic carbocycles. The van der Waals surface area contributed by atoms with Crippen LogP contribution in [0.15, 0.2) is 45.6 Å². The van der Waals surface area contributed by atoms with E-state index >= 15 is 4.39 Å². The summed E-state index contributed by atoms with van der Waals surface area (Å²) in [5.74, 6) is 5.18. The summed E-state index contributed by atoms with van der Waals surface area (Å²) >= 11 is 1.46. The van der Waals surface area contributed by atoms with Crippen LogP contribution in [0.25, 0.3) is 27.1 Å². The van der Waals surface area contributed by atoms with Gasteiger partial charge in [-0.25, -0.2) is 9.18 Å². The maximum absolute atomic E-state index is 15.3. The molecule has 0 amide bonds. The number of nitrogens with two attached hydrogens (primary N) is 2. The molecule has 1 aliphatic carbocycles. The molecule has 5 rings (SSSR count). The summed E-state index contributed by atoms with van der Waals surface area (Å²) in [6.07, 6.45) is 4.51. The fourth-order valence-electron chi connectivity index (χ4n) is 4.17. The van der Waals surface area contributed by atoms with Gasteiger partial charge in [-0.05, 0) is 54.3 Å². The second-order valence-corrected chi connectivity index (χ2v) is 8.65. The van der Waals surface area contributed by atoms with Crippen LogP contribution in [-0.2, 0) is 6.54 Å². The van der Waals surface area contributed by atoms with E-state index in [9.17, 15) is 9.59 Å². The lowest BCUT2D eigenvalue weighted by Crippen LogP contribution is -2.44. The van der Waals surface area contributed by atoms with Crippen molar-refractivity contribution in [2.75, 3.05) is 5.84 Å². The summed E-state index contributed by atoms with van der Waals surface area (Å²) in [6, 6.07) is 5.66. The number of nitrogens with zero attached hydrogens (tertiary/aromatic N) is 3. The first-order valence-electron chi connectivity index (χ1n) is 9.91. The molecular weight excluding hydrogens is 417 g/mol. The van der Waals surface area contributed by atoms with Gasteiger partial charge in [-0.15, -0.1) is 11.3 Å². The molecule has 0 aliphatic heterocycles. The van der Waals surface area contributed by atoms with E-state index in [1.54, 1.807) is 13.1 Å². The zero-order valence-electron chi connectivity index (χ0n) is 16.8. The number of hydrogen-bond donors (Lipinski definition) is 2. The number of aryl methyl sites for hydroxylation is 1. The van der Waals surface area contributed by atoms with Crippen molar-refractivity contribution in [3.8, 4) is 21.6 Å². The molecule has 0 saturated heterocycles. The SMILES string of the molecule is Cc1c(-c2csc(-c3cccnc3CN)c2)c(F)cn2c(=O)n(N)c(=O)c(C3CC3)c12. The smallest absolute Gasteiger partial charge is 0.332 e. The van der Waals surface area contributed by atoms with Crippen LogP contribution in [0.5, 0.6) is 0 Å². The predicted octanol–water partition coefficient (Wildman–Crippen LogP) is 2.75. The Morgan fingerprint density at radius 2 is 2.10 bits per heavy atom. The molecule has 158 valence electrons. The number of pyridine rings is 2. The first kappa shape index (κ1) is 19.7. The minimum absolute atomic E-state index is 0.0375. The summed E-state index contributed by atoms with van der Waals surface area (Å²) in [5.41, 5.74) is 8.74. The topological polar surface area (TPSA) is 108 Å². The van der Waals surface area contributed by atoms with Gasteiger partial charge < -0.3 is 11.6 Å². The Balaban J connectivity index is 1.77. The van der Waals surface area contributed by atoms with Crippen LogP contribution in [-0.4, -0.2) is 14.1 Å². The van der Waals surface area contributed by atoms with Gasteiger partial charge in [-0.1, -0.05) is 6.07 Å². The highest BCUT2D eigenvalue weighted by Crippen LogP contribution is 2.43. The quantitative estimate of drug-likeness (QED) is 0.477. The summed E-state index contributed by atoms with van der Waals surface area (Å²) in [5, 5.41) is 1.86. The lowest BCUT2D eigenvalue weighted by Gasteiger charge is -2.15. The molecular formula is C22H20FN5O2S. The Hall–Kier alpha value is -3.30. The third kappa shape index (κ3) is 3.00. The van der Waals surface area contributed by atoms with Crippen molar-refractivity contribution in [1.29, 1.82) is 0 Å². The van der Waals surface area contributed by atoms with Crippen LogP contribution >= 0.6 is 11.3 Å². The first-order chi connectivity index (χ1) is 14.9. The number of fused-ring (bicyclic) bond motifs is 1. The third-order valence-electron chi connectivity index (χ3n) is 5.79. The molecule has 0 unspecified atom stereocenters. The fraction of sp³-hybridized carbons (Fsp3) is 0.227. The van der Waals surface area contributed by atoms with Gasteiger partial charge in [0.05, 0.1) is 17.4 Å². The van der Waals surface area contributed by atoms with Crippen molar-refractivity contribution >= 4 is 16.9 Å². The Morgan fingerprint density at radius 1 is 1.32 bits per heavy atom. The second kappa shape index (κ2) is 7.14. The van der Waals surface area contributed by atoms with Crippen LogP contribution in [0.2, 0.25) is 0 Å². The van der Waals surface area contributed by atoms with Gasteiger partial charge in [0.1, 0.15) is 5.82 Å². The van der Waals surface area contributed by atoms with E-state index in [1.807, 2.05) is 23.6 Å². The van der Waals surface area contributed by atoms with Crippen molar-refractivity contribution in [3.63, 3.8) is 0 Å². The molecule has 4 aromatic heterocycles. The lowest BCUT2D eigenvalue weighted by atomic mass is 9.98. The van der Waals surface area contributed by atoms with Crippen LogP contribution in [0.3, 0.4) is 0 Å². The molecule has 4 aromatic rings. The van der Waals surface area contributed by atoms with Gasteiger partial charge >= 0.3 is 5.69 Å². The third-order valence-corrected chi connectivity index (χ3v) is 6.76. The van der Waals surface area contributed by atoms with Crippen molar-refractivity contribution in [2.45, 2.75) is 32.2 Å². The number of rotatable bonds is 4. The molecule has 4 N–H and O–H groups in total. The monoisotopic (exact) mass is 437 g/mol. The maximum Gasteiger partial charge on any atom is 0.354 e. The standard InChI is InChI=1S/C22H20FN5O2S/c1-11-18(13-7-17(31-10-13)14-3-2-6-26-16(14)8-24)15(23)9-27-20(11)19(12-4-5-12)21(29)28(25)22(27)30/h2-3,6-7,9-10,12H,4-5,8,24-25H2,1H3. The fourth-order valence-corrected chi connectivity index (χ4v) is 5.11. The minimum atomic E-state index is -0.757. The average Bonchev–Trinajstić information content (AvgIpc) is 3.49. The molecule has 31 heavy (non-hydrogen) atoms. The van der Waals surface area contributed by atoms with E-state index in [0.29, 0.717) is 39.0 Å². The number of halogens is 1. The van der Waals surface area contributed by atoms with Gasteiger partial charge in [0.15, 0.2) is 0 Å². The lowest BCUT2D eigenvalue weighted by molar-refractivity contribution is 0.616. The molecule has 0 spiro atoms. The van der Waals surface area contributed by atoms with Crippen LogP contribution in [0, 0.1) is 12.7 Å². The highest BCUT2D eigenvalue weighted by molar-refractivity contribution is 7.14. The Morgan fingerprint density at radius 3 is 2.81 bits per heavy atom. The van der Waals surface area contributed by atoms with Crippen molar-refractivity contribution in [1.82, 2.24) is 14.1 Å². The number of hydrogen-bond acceptors (Lipinski definition) is 6. The van der Waals surface area contributed by atoms with Gasteiger partial charge in [0.25, 0.3) is 5.56 Å². The summed E-state index contributed by atoms with van der Waals surface area (Å²) in [7, 11) is 0. The van der Waals surface area contributed by atoms with Crippen LogP contribution < -0.4 is 22.8 Å². The van der Waals surface area contributed by atoms with E-state index < -0.39 is 17.1 Å². The number of aromatic nitrogens is 3. The van der Waals surface area contributed by atoms with E-state index in [4.69, 9.17) is 11.6 Å². The highest BCUT2D eigenvalue weighted by atomic mass is 32.1. The predicted molar refractivity (Wildman–Crippen MR) is 119 cm³/mol. The van der Waals surface area contributed by atoms with Crippen LogP contribution in [0.1, 0.15) is 35.6 Å². The maximum atomic E-state index is 15.3. The van der Waals surface area contributed by atoms with E-state index in [2.05, 4.69) is 4.98 Å². The largest absolute Gasteiger partial charge is 0.354 e. The second-order valence-electron chi connectivity index (χ2n) is 7.74. The number of thiophene rings is 1. The molecule has 1 saturated carbocycles. The van der Waals surface area contributed by atoms with E-state index in [1.165, 1.54) is 11.3 Å². The Bertz CT molecular complexity index is 1470. The molecule has 0 atom stereocenters. The first-order valence-corrected chi connectivity index (χ1v) is 10.8. The van der Waals surface area contributed by atoms with E-state index in [0.717, 1.165) is 39.6 Å². The zero-order valence-corrected chi connectivity index (χ0v) is 17.6. The summed E-state index contributed by atoms with van der Waals surface area (Å²) in [6.45, 7) is 2.04. The average molecular weight is 438 g/mol. The van der Waals surface area contributed by atoms with Crippen molar-refractivity contribution < 1.29 is 4.39 Å². The van der Waals surface area contributed by atoms with E-state index in [-0.39, 0.29) is 5.92 Å². The molecule has 7 nitrogen and oxygen atoms in total. The molecule has 0 bridgehead atoms. The molecule has 4 heterocycles. The van der Waals surface area contributed by atoms with Crippen LogP contribution in [0.4, 0.5) is 4.39 Å². The van der Waals surface area contributed by atoms with Gasteiger partial charge in [0.2, 0.25) is 0 Å². The zero-order chi connectivity index (χ0) is 21.9. The van der Waals surface area contributed by atoms with Gasteiger partial charge in [-0.2, -0.15) is 4.68 Å². The highest BCUT2D eigenvalue weighted by Gasteiger charge is 2.32. The molecule has 1 fully saturated rings. The summed E-state index contributed by atoms with van der Waals surface area (Å²) in [4.78, 5) is 30.6. The number of nitrogen functional groups attached to an aromatic ring is 1.